The molecule has 8 heteroatoms. The van der Waals surface area contributed by atoms with Crippen LogP contribution in [-0.4, -0.2) is 54.8 Å². The Labute approximate surface area is 157 Å². The zero-order valence-electron chi connectivity index (χ0n) is 15.2. The van der Waals surface area contributed by atoms with Gasteiger partial charge < -0.3 is 15.4 Å². The van der Waals surface area contributed by atoms with Gasteiger partial charge in [0.2, 0.25) is 11.8 Å². The van der Waals surface area contributed by atoms with Gasteiger partial charge in [-0.15, -0.1) is 0 Å². The van der Waals surface area contributed by atoms with E-state index in [0.29, 0.717) is 12.0 Å². The van der Waals surface area contributed by atoms with Gasteiger partial charge >= 0.3 is 5.97 Å². The van der Waals surface area contributed by atoms with Crippen LogP contribution in [0.1, 0.15) is 41.6 Å². The third kappa shape index (κ3) is 4.27. The number of ether oxygens (including phenoxy) is 1. The number of esters is 1. The molecule has 1 saturated heterocycles. The van der Waals surface area contributed by atoms with Gasteiger partial charge in [-0.05, 0) is 43.0 Å². The van der Waals surface area contributed by atoms with Crippen molar-refractivity contribution in [3.63, 3.8) is 0 Å². The average Bonchev–Trinajstić information content (AvgIpc) is 3.26. The predicted octanol–water partition coefficient (Wildman–Crippen LogP) is 0.855. The quantitative estimate of drug-likeness (QED) is 0.542. The second kappa shape index (κ2) is 8.20. The van der Waals surface area contributed by atoms with Gasteiger partial charge in [-0.2, -0.15) is 0 Å². The molecule has 0 saturated carbocycles. The molecule has 3 amide bonds. The van der Waals surface area contributed by atoms with Crippen LogP contribution in [0.4, 0.5) is 5.69 Å². The summed E-state index contributed by atoms with van der Waals surface area (Å²) in [4.78, 5) is 49.1. The fourth-order valence-electron chi connectivity index (χ4n) is 3.40. The predicted molar refractivity (Wildman–Crippen MR) is 97.1 cm³/mol. The average molecular weight is 373 g/mol. The Balaban J connectivity index is 1.59. The van der Waals surface area contributed by atoms with Crippen molar-refractivity contribution in [3.05, 3.63) is 29.3 Å². The second-order valence-electron chi connectivity index (χ2n) is 6.68. The maximum absolute atomic E-state index is 12.5. The maximum Gasteiger partial charge on any atom is 0.328 e. The van der Waals surface area contributed by atoms with Gasteiger partial charge in [0.15, 0.2) is 0 Å². The molecule has 8 nitrogen and oxygen atoms in total. The molecule has 1 fully saturated rings. The van der Waals surface area contributed by atoms with Crippen LogP contribution in [-0.2, 0) is 25.5 Å². The molecule has 144 valence electrons. The molecule has 2 aliphatic rings. The summed E-state index contributed by atoms with van der Waals surface area (Å²) in [5.74, 6) is -1.28. The fraction of sp³-hybridized carbons (Fsp3) is 0.474. The summed E-state index contributed by atoms with van der Waals surface area (Å²) < 4.78 is 4.78. The van der Waals surface area contributed by atoms with Crippen LogP contribution >= 0.6 is 0 Å². The molecule has 1 atom stereocenters. The van der Waals surface area contributed by atoms with Crippen LogP contribution in [0.25, 0.3) is 0 Å². The first-order valence-electron chi connectivity index (χ1n) is 9.08. The number of hydrogen-bond donors (Lipinski definition) is 2. The zero-order chi connectivity index (χ0) is 19.4. The highest BCUT2D eigenvalue weighted by Crippen LogP contribution is 2.23. The van der Waals surface area contributed by atoms with E-state index in [1.807, 2.05) is 12.1 Å². The van der Waals surface area contributed by atoms with Crippen molar-refractivity contribution in [2.24, 2.45) is 0 Å². The zero-order valence-corrected chi connectivity index (χ0v) is 15.2. The largest absolute Gasteiger partial charge is 0.467 e. The molecule has 27 heavy (non-hydrogen) atoms. The number of carbonyl (C=O) groups excluding carboxylic acids is 4. The summed E-state index contributed by atoms with van der Waals surface area (Å²) in [6.45, 7) is 1.09. The number of likely N-dealkylation sites (tertiary alicyclic amines) is 1. The number of methoxy groups -OCH3 is 1. The molecule has 2 aliphatic heterocycles. The molecule has 0 spiro atoms. The molecular formula is C19H23N3O5. The molecule has 2 N–H and O–H groups in total. The van der Waals surface area contributed by atoms with Crippen LogP contribution in [0.2, 0.25) is 0 Å². The Morgan fingerprint density at radius 1 is 1.22 bits per heavy atom. The number of rotatable bonds is 7. The number of imide groups is 1. The molecule has 3 rings (SSSR count). The van der Waals surface area contributed by atoms with Crippen LogP contribution in [0.15, 0.2) is 18.2 Å². The lowest BCUT2D eigenvalue weighted by Crippen LogP contribution is -2.42. The molecule has 0 bridgehead atoms. The van der Waals surface area contributed by atoms with E-state index < -0.39 is 12.0 Å². The molecular weight excluding hydrogens is 350 g/mol. The van der Waals surface area contributed by atoms with Crippen molar-refractivity contribution < 1.29 is 23.9 Å². The number of hydrogen-bond acceptors (Lipinski definition) is 6. The summed E-state index contributed by atoms with van der Waals surface area (Å²) in [5.41, 5.74) is 2.58. The normalized spacial score (nSPS) is 16.7. The van der Waals surface area contributed by atoms with Gasteiger partial charge in [0.25, 0.3) is 5.91 Å². The standard InChI is InChI=1S/C19H23N3O5/c1-27-19(26)15(3-2-10-22-16(23)6-7-17(22)24)21-18(25)13-4-5-14-12(11-13)8-9-20-14/h4-5,11,15,20H,2-3,6-10H2,1H3,(H,21,25)/t15-/m0/s1. The fourth-order valence-corrected chi connectivity index (χ4v) is 3.40. The Kier molecular flexibility index (Phi) is 5.73. The third-order valence-corrected chi connectivity index (χ3v) is 4.90. The van der Waals surface area contributed by atoms with Gasteiger partial charge in [-0.1, -0.05) is 0 Å². The lowest BCUT2D eigenvalue weighted by Gasteiger charge is -2.19. The SMILES string of the molecule is COC(=O)[C@H](CCCN1C(=O)CCC1=O)NC(=O)c1ccc2c(c1)CCN2. The minimum absolute atomic E-state index is 0.189. The second-order valence-corrected chi connectivity index (χ2v) is 6.68. The maximum atomic E-state index is 12.5. The molecule has 2 heterocycles. The summed E-state index contributed by atoms with van der Waals surface area (Å²) in [6, 6.07) is 4.56. The Morgan fingerprint density at radius 3 is 2.67 bits per heavy atom. The number of anilines is 1. The lowest BCUT2D eigenvalue weighted by molar-refractivity contribution is -0.143. The van der Waals surface area contributed by atoms with Crippen LogP contribution in [0.5, 0.6) is 0 Å². The number of benzene rings is 1. The topological polar surface area (TPSA) is 105 Å². The van der Waals surface area contributed by atoms with Crippen molar-refractivity contribution in [2.75, 3.05) is 25.5 Å². The van der Waals surface area contributed by atoms with E-state index in [1.54, 1.807) is 6.07 Å². The van der Waals surface area contributed by atoms with Gasteiger partial charge in [-0.25, -0.2) is 4.79 Å². The molecule has 0 aliphatic carbocycles. The van der Waals surface area contributed by atoms with Crippen molar-refractivity contribution in [3.8, 4) is 0 Å². The minimum Gasteiger partial charge on any atom is -0.467 e. The molecule has 0 unspecified atom stereocenters. The van der Waals surface area contributed by atoms with Crippen LogP contribution < -0.4 is 10.6 Å². The Morgan fingerprint density at radius 2 is 1.96 bits per heavy atom. The van der Waals surface area contributed by atoms with Gasteiger partial charge in [-0.3, -0.25) is 19.3 Å². The van der Waals surface area contributed by atoms with Crippen molar-refractivity contribution in [1.82, 2.24) is 10.2 Å². The highest BCUT2D eigenvalue weighted by atomic mass is 16.5. The molecule has 0 radical (unpaired) electrons. The number of carbonyl (C=O) groups is 4. The van der Waals surface area contributed by atoms with Gasteiger partial charge in [0, 0.05) is 37.2 Å². The first kappa shape index (κ1) is 18.9. The van der Waals surface area contributed by atoms with E-state index in [-0.39, 0.29) is 43.5 Å². The van der Waals surface area contributed by atoms with E-state index in [4.69, 9.17) is 4.74 Å². The van der Waals surface area contributed by atoms with E-state index in [0.717, 1.165) is 24.2 Å². The van der Waals surface area contributed by atoms with Gasteiger partial charge in [0.1, 0.15) is 6.04 Å². The van der Waals surface area contributed by atoms with Crippen molar-refractivity contribution >= 4 is 29.4 Å². The van der Waals surface area contributed by atoms with E-state index in [2.05, 4.69) is 10.6 Å². The number of nitrogens with zero attached hydrogens (tertiary/aromatic N) is 1. The smallest absolute Gasteiger partial charge is 0.328 e. The van der Waals surface area contributed by atoms with E-state index in [1.165, 1.54) is 12.0 Å². The van der Waals surface area contributed by atoms with Gasteiger partial charge in [0.05, 0.1) is 7.11 Å². The first-order chi connectivity index (χ1) is 13.0. The summed E-state index contributed by atoms with van der Waals surface area (Å²) >= 11 is 0. The summed E-state index contributed by atoms with van der Waals surface area (Å²) in [5, 5.41) is 5.93. The monoisotopic (exact) mass is 373 g/mol. The number of nitrogens with one attached hydrogen (secondary N) is 2. The number of amides is 3. The van der Waals surface area contributed by atoms with Crippen molar-refractivity contribution in [2.45, 2.75) is 38.1 Å². The van der Waals surface area contributed by atoms with Crippen LogP contribution in [0.3, 0.4) is 0 Å². The highest BCUT2D eigenvalue weighted by molar-refractivity contribution is 6.02. The Bertz CT molecular complexity index is 761. The number of fused-ring (bicyclic) bond motifs is 1. The lowest BCUT2D eigenvalue weighted by atomic mass is 10.1. The summed E-state index contributed by atoms with van der Waals surface area (Å²) in [6.07, 6.45) is 2.02. The molecule has 1 aromatic carbocycles. The highest BCUT2D eigenvalue weighted by Gasteiger charge is 2.29. The summed E-state index contributed by atoms with van der Waals surface area (Å²) in [7, 11) is 1.26. The van der Waals surface area contributed by atoms with E-state index in [9.17, 15) is 19.2 Å². The third-order valence-electron chi connectivity index (χ3n) is 4.90. The molecule has 0 aromatic heterocycles. The minimum atomic E-state index is -0.832. The van der Waals surface area contributed by atoms with E-state index >= 15 is 0 Å². The Hall–Kier alpha value is -2.90. The first-order valence-corrected chi connectivity index (χ1v) is 9.08. The van der Waals surface area contributed by atoms with Crippen LogP contribution in [0, 0.1) is 0 Å². The molecule has 1 aromatic rings. The van der Waals surface area contributed by atoms with Crippen molar-refractivity contribution in [1.29, 1.82) is 0 Å².